The van der Waals surface area contributed by atoms with E-state index in [4.69, 9.17) is 0 Å². The summed E-state index contributed by atoms with van der Waals surface area (Å²) in [5.74, 6) is 0. The van der Waals surface area contributed by atoms with Gasteiger partial charge in [0.25, 0.3) is 0 Å². The molecule has 0 radical (unpaired) electrons. The molecule has 0 saturated heterocycles. The van der Waals surface area contributed by atoms with E-state index in [-0.39, 0.29) is 0 Å². The average Bonchev–Trinajstić information content (AvgIpc) is 2.56. The molecule has 0 aliphatic carbocycles. The molecule has 0 aliphatic rings. The Bertz CT molecular complexity index is 305. The van der Waals surface area contributed by atoms with Gasteiger partial charge in [-0.1, -0.05) is 0 Å². The van der Waals surface area contributed by atoms with E-state index in [1.165, 1.54) is 0 Å². The van der Waals surface area contributed by atoms with Crippen LogP contribution in [-0.2, 0) is 21.1 Å². The van der Waals surface area contributed by atoms with Gasteiger partial charge in [-0.2, -0.15) is 0 Å². The Labute approximate surface area is 77.1 Å². The van der Waals surface area contributed by atoms with Gasteiger partial charge in [0.05, 0.1) is 13.7 Å². The molecule has 0 bridgehead atoms. The van der Waals surface area contributed by atoms with Gasteiger partial charge in [0.2, 0.25) is 16.7 Å². The van der Waals surface area contributed by atoms with Crippen molar-refractivity contribution in [2.75, 3.05) is 7.11 Å². The number of aromatic nitrogens is 2. The van der Waals surface area contributed by atoms with Crippen LogP contribution in [0.4, 0.5) is 0 Å². The molecule has 0 amide bonds. The molecule has 6 nitrogen and oxygen atoms in total. The minimum atomic E-state index is -4.41. The monoisotopic (exact) mass is 208 g/mol. The minimum Gasteiger partial charge on any atom is -0.726 e. The Morgan fingerprint density at radius 3 is 2.31 bits per heavy atom. The van der Waals surface area contributed by atoms with E-state index in [2.05, 4.69) is 20.7 Å². The number of hydrogen-bond donors (Lipinski definition) is 1. The van der Waals surface area contributed by atoms with E-state index in [0.29, 0.717) is 0 Å². The summed E-state index contributed by atoms with van der Waals surface area (Å²) in [6.45, 7) is 3.15. The molecule has 1 aromatic heterocycles. The second-order valence-electron chi connectivity index (χ2n) is 2.02. The van der Waals surface area contributed by atoms with Crippen molar-refractivity contribution in [3.8, 4) is 0 Å². The molecule has 0 spiro atoms. The van der Waals surface area contributed by atoms with E-state index in [1.54, 1.807) is 0 Å². The van der Waals surface area contributed by atoms with Gasteiger partial charge in [-0.25, -0.2) is 13.0 Å². The van der Waals surface area contributed by atoms with Crippen LogP contribution in [0.2, 0.25) is 0 Å². The lowest BCUT2D eigenvalue weighted by Gasteiger charge is -1.98. The molecule has 0 aliphatic heterocycles. The van der Waals surface area contributed by atoms with Crippen LogP contribution >= 0.6 is 0 Å². The second-order valence-corrected chi connectivity index (χ2v) is 3.17. The van der Waals surface area contributed by atoms with Crippen LogP contribution in [0.5, 0.6) is 0 Å². The maximum absolute atomic E-state index is 9.22. The lowest BCUT2D eigenvalue weighted by molar-refractivity contribution is -0.692. The zero-order valence-corrected chi connectivity index (χ0v) is 8.24. The van der Waals surface area contributed by atoms with Crippen molar-refractivity contribution in [2.24, 2.45) is 0 Å². The van der Waals surface area contributed by atoms with Gasteiger partial charge in [0, 0.05) is 0 Å². The average molecular weight is 208 g/mol. The zero-order chi connectivity index (χ0) is 10.3. The fraction of sp³-hybridized carbons (Fsp3) is 0.500. The molecule has 1 N–H and O–H groups in total. The Hall–Kier alpha value is -0.920. The van der Waals surface area contributed by atoms with Gasteiger partial charge >= 0.3 is 0 Å². The molecule has 1 aromatic rings. The lowest BCUT2D eigenvalue weighted by atomic mass is 10.7. The first-order valence-electron chi connectivity index (χ1n) is 3.53. The number of hydrogen-bond acceptors (Lipinski definition) is 4. The summed E-state index contributed by atoms with van der Waals surface area (Å²) in [4.78, 5) is 2.94. The van der Waals surface area contributed by atoms with Crippen molar-refractivity contribution in [2.45, 2.75) is 13.5 Å². The molecule has 0 saturated carbocycles. The molecule has 1 heterocycles. The first-order chi connectivity index (χ1) is 5.99. The predicted octanol–water partition coefficient (Wildman–Crippen LogP) is -0.585. The van der Waals surface area contributed by atoms with Crippen LogP contribution < -0.4 is 4.57 Å². The fourth-order valence-electron chi connectivity index (χ4n) is 0.517. The van der Waals surface area contributed by atoms with Gasteiger partial charge in [0.15, 0.2) is 0 Å². The molecule has 0 aromatic carbocycles. The number of aryl methyl sites for hydroxylation is 1. The largest absolute Gasteiger partial charge is 0.726 e. The summed E-state index contributed by atoms with van der Waals surface area (Å²) in [6.07, 6.45) is 5.84. The van der Waals surface area contributed by atoms with Crippen LogP contribution in [0.1, 0.15) is 6.92 Å². The number of nitrogens with one attached hydrogen (secondary N) is 1. The second kappa shape index (κ2) is 5.68. The van der Waals surface area contributed by atoms with E-state index >= 15 is 0 Å². The molecular formula is C6H12N2O4S. The summed E-state index contributed by atoms with van der Waals surface area (Å²) in [7, 11) is -3.60. The summed E-state index contributed by atoms with van der Waals surface area (Å²) >= 11 is 0. The van der Waals surface area contributed by atoms with Crippen molar-refractivity contribution in [1.29, 1.82) is 0 Å². The fourth-order valence-corrected chi connectivity index (χ4v) is 0.517. The molecule has 76 valence electrons. The highest BCUT2D eigenvalue weighted by atomic mass is 32.3. The Morgan fingerprint density at radius 1 is 1.62 bits per heavy atom. The molecule has 7 heteroatoms. The van der Waals surface area contributed by atoms with Crippen LogP contribution in [0.25, 0.3) is 0 Å². The van der Waals surface area contributed by atoms with Crippen LogP contribution in [0.3, 0.4) is 0 Å². The smallest absolute Gasteiger partial charge is 0.241 e. The van der Waals surface area contributed by atoms with Gasteiger partial charge in [0.1, 0.15) is 12.4 Å². The standard InChI is InChI=1S/C5H8N2.CH4O4S/c1-2-7-4-3-6-5-7;1-5-6(2,3)4/h3-5H,2H2,1H3;1H3,(H,2,3,4). The SMILES string of the molecule is CC[n+]1cc[nH]c1.COS(=O)(=O)[O-]. The summed E-state index contributed by atoms with van der Waals surface area (Å²) in [5, 5.41) is 0. The third kappa shape index (κ3) is 7.44. The summed E-state index contributed by atoms with van der Waals surface area (Å²) < 4.78 is 33.1. The zero-order valence-electron chi connectivity index (χ0n) is 7.43. The lowest BCUT2D eigenvalue weighted by Crippen LogP contribution is -2.27. The number of nitrogens with zero attached hydrogens (tertiary/aromatic N) is 1. The predicted molar refractivity (Wildman–Crippen MR) is 43.4 cm³/mol. The maximum Gasteiger partial charge on any atom is 0.241 e. The summed E-state index contributed by atoms with van der Waals surface area (Å²) in [5.41, 5.74) is 0. The molecular weight excluding hydrogens is 196 g/mol. The van der Waals surface area contributed by atoms with Gasteiger partial charge < -0.3 is 4.55 Å². The number of aromatic amines is 1. The molecule has 0 atom stereocenters. The summed E-state index contributed by atoms with van der Waals surface area (Å²) in [6, 6.07) is 0. The quantitative estimate of drug-likeness (QED) is 0.400. The van der Waals surface area contributed by atoms with E-state index in [0.717, 1.165) is 13.7 Å². The van der Waals surface area contributed by atoms with Crippen LogP contribution in [0, 0.1) is 0 Å². The Morgan fingerprint density at radius 2 is 2.15 bits per heavy atom. The number of H-pyrrole nitrogens is 1. The van der Waals surface area contributed by atoms with Crippen molar-refractivity contribution < 1.29 is 21.7 Å². The number of rotatable bonds is 2. The van der Waals surface area contributed by atoms with E-state index in [9.17, 15) is 13.0 Å². The molecule has 13 heavy (non-hydrogen) atoms. The van der Waals surface area contributed by atoms with Gasteiger partial charge in [-0.15, -0.1) is 0 Å². The Balaban J connectivity index is 0.000000226. The third-order valence-corrected chi connectivity index (χ3v) is 1.58. The van der Waals surface area contributed by atoms with Crippen molar-refractivity contribution in [3.63, 3.8) is 0 Å². The molecule has 0 unspecified atom stereocenters. The Kier molecular flexibility index (Phi) is 5.28. The molecule has 0 fully saturated rings. The third-order valence-electron chi connectivity index (χ3n) is 1.17. The highest BCUT2D eigenvalue weighted by Gasteiger charge is 1.85. The topological polar surface area (TPSA) is 86.1 Å². The van der Waals surface area contributed by atoms with Crippen molar-refractivity contribution >= 4 is 10.4 Å². The number of imidazole rings is 1. The van der Waals surface area contributed by atoms with Gasteiger partial charge in [-0.05, 0) is 6.92 Å². The maximum atomic E-state index is 9.22. The first-order valence-corrected chi connectivity index (χ1v) is 4.86. The molecule has 1 rings (SSSR count). The minimum absolute atomic E-state index is 0.808. The van der Waals surface area contributed by atoms with E-state index in [1.807, 2.05) is 18.7 Å². The van der Waals surface area contributed by atoms with Crippen molar-refractivity contribution in [1.82, 2.24) is 4.98 Å². The van der Waals surface area contributed by atoms with E-state index < -0.39 is 10.4 Å². The van der Waals surface area contributed by atoms with Gasteiger partial charge in [-0.3, -0.25) is 9.17 Å². The highest BCUT2D eigenvalue weighted by Crippen LogP contribution is 1.74. The normalized spacial score (nSPS) is 10.4. The van der Waals surface area contributed by atoms with Crippen molar-refractivity contribution in [3.05, 3.63) is 18.7 Å². The highest BCUT2D eigenvalue weighted by molar-refractivity contribution is 7.80. The first kappa shape index (κ1) is 12.1. The van der Waals surface area contributed by atoms with Crippen LogP contribution in [-0.4, -0.2) is 25.1 Å². The van der Waals surface area contributed by atoms with Crippen LogP contribution in [0.15, 0.2) is 18.7 Å².